The molecule has 5 nitrogen and oxygen atoms in total. The van der Waals surface area contributed by atoms with Crippen LogP contribution in [0.1, 0.15) is 20.8 Å². The summed E-state index contributed by atoms with van der Waals surface area (Å²) in [6.07, 6.45) is 1.61. The monoisotopic (exact) mass is 305 g/mol. The Bertz CT molecular complexity index is 690. The molecule has 2 N–H and O–H groups in total. The molecule has 0 saturated heterocycles. The van der Waals surface area contributed by atoms with Gasteiger partial charge in [0.15, 0.2) is 0 Å². The van der Waals surface area contributed by atoms with Crippen molar-refractivity contribution >= 4 is 21.5 Å². The van der Waals surface area contributed by atoms with Gasteiger partial charge in [0.1, 0.15) is 5.82 Å². The lowest BCUT2D eigenvalue weighted by Crippen LogP contribution is -2.26. The van der Waals surface area contributed by atoms with Crippen molar-refractivity contribution in [1.29, 1.82) is 0 Å². The highest BCUT2D eigenvalue weighted by Crippen LogP contribution is 2.17. The van der Waals surface area contributed by atoms with Gasteiger partial charge in [0, 0.05) is 5.54 Å². The van der Waals surface area contributed by atoms with E-state index in [1.54, 1.807) is 36.5 Å². The van der Waals surface area contributed by atoms with Crippen molar-refractivity contribution in [3.8, 4) is 0 Å². The van der Waals surface area contributed by atoms with Gasteiger partial charge in [0.2, 0.25) is 0 Å². The molecule has 1 aromatic heterocycles. The lowest BCUT2D eigenvalue weighted by molar-refractivity contribution is 0.601. The number of pyridine rings is 1. The Morgan fingerprint density at radius 2 is 1.67 bits per heavy atom. The predicted octanol–water partition coefficient (Wildman–Crippen LogP) is 3.09. The number of benzene rings is 1. The average molecular weight is 305 g/mol. The zero-order valence-electron chi connectivity index (χ0n) is 12.3. The van der Waals surface area contributed by atoms with Crippen LogP contribution in [0.4, 0.5) is 11.5 Å². The summed E-state index contributed by atoms with van der Waals surface area (Å²) in [6, 6.07) is 11.6. The van der Waals surface area contributed by atoms with Crippen LogP contribution < -0.4 is 10.0 Å². The van der Waals surface area contributed by atoms with Crippen molar-refractivity contribution < 1.29 is 8.42 Å². The highest BCUT2D eigenvalue weighted by molar-refractivity contribution is 7.92. The fraction of sp³-hybridized carbons (Fsp3) is 0.267. The quantitative estimate of drug-likeness (QED) is 0.910. The first-order valence-corrected chi connectivity index (χ1v) is 8.07. The van der Waals surface area contributed by atoms with Crippen LogP contribution in [0.5, 0.6) is 0 Å². The summed E-state index contributed by atoms with van der Waals surface area (Å²) < 4.78 is 26.8. The highest BCUT2D eigenvalue weighted by atomic mass is 32.2. The van der Waals surface area contributed by atoms with Crippen molar-refractivity contribution in [3.05, 3.63) is 48.7 Å². The van der Waals surface area contributed by atoms with E-state index >= 15 is 0 Å². The van der Waals surface area contributed by atoms with Gasteiger partial charge < -0.3 is 5.32 Å². The fourth-order valence-corrected chi connectivity index (χ4v) is 2.79. The average Bonchev–Trinajstić information content (AvgIpc) is 2.40. The first-order chi connectivity index (χ1) is 9.76. The molecule has 0 amide bonds. The summed E-state index contributed by atoms with van der Waals surface area (Å²) in [7, 11) is -3.59. The number of nitrogens with one attached hydrogen (secondary N) is 2. The molecule has 0 spiro atoms. The smallest absolute Gasteiger partial charge is 0.263 e. The molecule has 2 rings (SSSR count). The van der Waals surface area contributed by atoms with Crippen molar-refractivity contribution in [1.82, 2.24) is 4.98 Å². The molecule has 2 aromatic rings. The molecule has 112 valence electrons. The van der Waals surface area contributed by atoms with Crippen molar-refractivity contribution in [2.75, 3.05) is 10.0 Å². The summed E-state index contributed by atoms with van der Waals surface area (Å²) in [5.74, 6) is 0.290. The van der Waals surface area contributed by atoms with Crippen LogP contribution in [0.3, 0.4) is 0 Å². The molecule has 6 heteroatoms. The molecule has 0 atom stereocenters. The number of aromatic nitrogens is 1. The van der Waals surface area contributed by atoms with Crippen LogP contribution in [-0.4, -0.2) is 18.9 Å². The molecular formula is C15H19N3O2S. The Hall–Kier alpha value is -2.08. The summed E-state index contributed by atoms with van der Waals surface area (Å²) in [6.45, 7) is 6.12. The Morgan fingerprint density at radius 1 is 1.00 bits per heavy atom. The van der Waals surface area contributed by atoms with Crippen LogP contribution in [-0.2, 0) is 10.0 Å². The third kappa shape index (κ3) is 4.46. The molecule has 0 radical (unpaired) electrons. The maximum Gasteiger partial charge on any atom is 0.263 e. The van der Waals surface area contributed by atoms with Crippen LogP contribution in [0.15, 0.2) is 53.6 Å². The molecule has 0 saturated carbocycles. The summed E-state index contributed by atoms with van der Waals surface area (Å²) in [4.78, 5) is 4.33. The van der Waals surface area contributed by atoms with Gasteiger partial charge in [-0.05, 0) is 45.0 Å². The first kappa shape index (κ1) is 15.3. The molecule has 0 aliphatic rings. The minimum Gasteiger partial charge on any atom is -0.379 e. The van der Waals surface area contributed by atoms with E-state index in [4.69, 9.17) is 0 Å². The van der Waals surface area contributed by atoms with Gasteiger partial charge in [-0.2, -0.15) is 0 Å². The minimum absolute atomic E-state index is 0.0766. The normalized spacial score (nSPS) is 12.0. The number of hydrogen-bond donors (Lipinski definition) is 2. The Balaban J connectivity index is 2.14. The van der Waals surface area contributed by atoms with Gasteiger partial charge in [0.25, 0.3) is 10.0 Å². The van der Waals surface area contributed by atoms with Crippen LogP contribution >= 0.6 is 0 Å². The molecule has 1 heterocycles. The fourth-order valence-electron chi connectivity index (χ4n) is 1.76. The molecule has 0 fully saturated rings. The lowest BCUT2D eigenvalue weighted by atomic mass is 10.1. The van der Waals surface area contributed by atoms with E-state index in [1.807, 2.05) is 20.8 Å². The third-order valence-corrected chi connectivity index (χ3v) is 3.95. The van der Waals surface area contributed by atoms with Crippen LogP contribution in [0.2, 0.25) is 0 Å². The Kier molecular flexibility index (Phi) is 4.18. The van der Waals surface area contributed by atoms with Crippen molar-refractivity contribution in [2.24, 2.45) is 0 Å². The van der Waals surface area contributed by atoms with Crippen LogP contribution in [0, 0.1) is 0 Å². The maximum absolute atomic E-state index is 12.1. The van der Waals surface area contributed by atoms with E-state index in [-0.39, 0.29) is 10.4 Å². The Morgan fingerprint density at radius 3 is 2.19 bits per heavy atom. The molecular weight excluding hydrogens is 286 g/mol. The second-order valence-corrected chi connectivity index (χ2v) is 7.41. The van der Waals surface area contributed by atoms with E-state index < -0.39 is 10.0 Å². The van der Waals surface area contributed by atoms with E-state index in [9.17, 15) is 8.42 Å². The highest BCUT2D eigenvalue weighted by Gasteiger charge is 2.14. The van der Waals surface area contributed by atoms with Gasteiger partial charge in [0.05, 0.1) is 16.8 Å². The zero-order chi connectivity index (χ0) is 15.5. The molecule has 0 aliphatic carbocycles. The van der Waals surface area contributed by atoms with Crippen molar-refractivity contribution in [3.63, 3.8) is 0 Å². The summed E-state index contributed by atoms with van der Waals surface area (Å²) in [5, 5.41) is 3.26. The molecule has 21 heavy (non-hydrogen) atoms. The summed E-state index contributed by atoms with van der Waals surface area (Å²) in [5.41, 5.74) is 0.761. The topological polar surface area (TPSA) is 71.1 Å². The summed E-state index contributed by atoms with van der Waals surface area (Å²) >= 11 is 0. The molecule has 1 aromatic carbocycles. The van der Waals surface area contributed by atoms with Crippen molar-refractivity contribution in [2.45, 2.75) is 31.2 Å². The van der Waals surface area contributed by atoms with E-state index in [2.05, 4.69) is 15.0 Å². The number of sulfonamides is 1. The molecule has 0 unspecified atom stereocenters. The van der Waals surface area contributed by atoms with E-state index in [1.165, 1.54) is 12.1 Å². The lowest BCUT2D eigenvalue weighted by Gasteiger charge is -2.21. The minimum atomic E-state index is -3.59. The molecule has 0 aliphatic heterocycles. The zero-order valence-corrected chi connectivity index (χ0v) is 13.1. The van der Waals surface area contributed by atoms with Gasteiger partial charge in [-0.25, -0.2) is 13.4 Å². The number of hydrogen-bond acceptors (Lipinski definition) is 4. The standard InChI is InChI=1S/C15H19N3O2S/c1-15(2,3)17-12-9-10-14(16-11-12)18-21(19,20)13-7-5-4-6-8-13/h4-11,17H,1-3H3,(H,16,18). The van der Waals surface area contributed by atoms with Crippen LogP contribution in [0.25, 0.3) is 0 Å². The van der Waals surface area contributed by atoms with Gasteiger partial charge >= 0.3 is 0 Å². The number of anilines is 2. The largest absolute Gasteiger partial charge is 0.379 e. The van der Waals surface area contributed by atoms with E-state index in [0.29, 0.717) is 5.82 Å². The van der Waals surface area contributed by atoms with Gasteiger partial charge in [-0.15, -0.1) is 0 Å². The number of nitrogens with zero attached hydrogens (tertiary/aromatic N) is 1. The Labute approximate surface area is 125 Å². The first-order valence-electron chi connectivity index (χ1n) is 6.58. The van der Waals surface area contributed by atoms with Gasteiger partial charge in [-0.3, -0.25) is 4.72 Å². The third-order valence-electron chi connectivity index (χ3n) is 2.58. The maximum atomic E-state index is 12.1. The predicted molar refractivity (Wildman–Crippen MR) is 84.9 cm³/mol. The number of rotatable bonds is 4. The second kappa shape index (κ2) is 5.73. The SMILES string of the molecule is CC(C)(C)Nc1ccc(NS(=O)(=O)c2ccccc2)nc1. The second-order valence-electron chi connectivity index (χ2n) is 5.73. The molecule has 0 bridgehead atoms. The van der Waals surface area contributed by atoms with E-state index in [0.717, 1.165) is 5.69 Å². The van der Waals surface area contributed by atoms with Gasteiger partial charge in [-0.1, -0.05) is 18.2 Å².